The second-order valence-electron chi connectivity index (χ2n) is 4.92. The maximum atomic E-state index is 12.8. The third-order valence-electron chi connectivity index (χ3n) is 2.97. The molecule has 0 spiro atoms. The van der Waals surface area contributed by atoms with Crippen molar-refractivity contribution in [1.29, 1.82) is 0 Å². The van der Waals surface area contributed by atoms with Gasteiger partial charge in [0.1, 0.15) is 0 Å². The van der Waals surface area contributed by atoms with E-state index in [-0.39, 0.29) is 42.9 Å². The number of halogens is 4. The van der Waals surface area contributed by atoms with E-state index >= 15 is 0 Å². The Hall–Kier alpha value is -1.27. The third-order valence-corrected chi connectivity index (χ3v) is 2.97. The Bertz CT molecular complexity index is 464. The van der Waals surface area contributed by atoms with Crippen molar-refractivity contribution < 1.29 is 18.0 Å². The Kier molecular flexibility index (Phi) is 7.74. The standard InChI is InChI=1S/C14H19F3N2O.ClH/c1-10(18)7-8-13(20)19(2)9-11-5-3-4-6-12(11)14(15,16)17;/h3-6,10H,7-9,18H2,1-2H3;1H. The lowest BCUT2D eigenvalue weighted by molar-refractivity contribution is -0.139. The lowest BCUT2D eigenvalue weighted by atomic mass is 10.1. The van der Waals surface area contributed by atoms with Crippen LogP contribution in [0.3, 0.4) is 0 Å². The van der Waals surface area contributed by atoms with Crippen LogP contribution in [0.1, 0.15) is 30.9 Å². The number of hydrogen-bond donors (Lipinski definition) is 1. The topological polar surface area (TPSA) is 46.3 Å². The van der Waals surface area contributed by atoms with Gasteiger partial charge in [0, 0.05) is 26.1 Å². The van der Waals surface area contributed by atoms with Crippen molar-refractivity contribution in [3.63, 3.8) is 0 Å². The molecule has 7 heteroatoms. The Labute approximate surface area is 128 Å². The number of nitrogens with zero attached hydrogens (tertiary/aromatic N) is 1. The van der Waals surface area contributed by atoms with Gasteiger partial charge in [-0.1, -0.05) is 18.2 Å². The van der Waals surface area contributed by atoms with Crippen molar-refractivity contribution in [3.05, 3.63) is 35.4 Å². The summed E-state index contributed by atoms with van der Waals surface area (Å²) in [4.78, 5) is 13.1. The van der Waals surface area contributed by atoms with Crippen molar-refractivity contribution in [2.45, 2.75) is 38.5 Å². The van der Waals surface area contributed by atoms with E-state index in [4.69, 9.17) is 5.73 Å². The van der Waals surface area contributed by atoms with E-state index in [2.05, 4.69) is 0 Å². The fraction of sp³-hybridized carbons (Fsp3) is 0.500. The number of hydrogen-bond acceptors (Lipinski definition) is 2. The van der Waals surface area contributed by atoms with Crippen LogP contribution in [0.4, 0.5) is 13.2 Å². The molecule has 120 valence electrons. The van der Waals surface area contributed by atoms with Gasteiger partial charge in [-0.3, -0.25) is 4.79 Å². The molecule has 0 aliphatic carbocycles. The van der Waals surface area contributed by atoms with Gasteiger partial charge >= 0.3 is 6.18 Å². The molecule has 0 heterocycles. The first-order valence-electron chi connectivity index (χ1n) is 6.36. The van der Waals surface area contributed by atoms with Gasteiger partial charge in [0.25, 0.3) is 0 Å². The van der Waals surface area contributed by atoms with Crippen LogP contribution in [-0.2, 0) is 17.5 Å². The molecule has 0 saturated carbocycles. The molecule has 3 nitrogen and oxygen atoms in total. The molecule has 0 bridgehead atoms. The summed E-state index contributed by atoms with van der Waals surface area (Å²) < 4.78 is 38.5. The molecule has 0 saturated heterocycles. The van der Waals surface area contributed by atoms with Crippen LogP contribution in [0, 0.1) is 0 Å². The van der Waals surface area contributed by atoms with E-state index in [0.29, 0.717) is 6.42 Å². The summed E-state index contributed by atoms with van der Waals surface area (Å²) in [5, 5.41) is 0. The summed E-state index contributed by atoms with van der Waals surface area (Å²) in [6.07, 6.45) is -3.65. The zero-order chi connectivity index (χ0) is 15.3. The van der Waals surface area contributed by atoms with Crippen LogP contribution >= 0.6 is 12.4 Å². The summed E-state index contributed by atoms with van der Waals surface area (Å²) >= 11 is 0. The summed E-state index contributed by atoms with van der Waals surface area (Å²) in [7, 11) is 1.50. The van der Waals surface area contributed by atoms with Crippen LogP contribution < -0.4 is 5.73 Å². The summed E-state index contributed by atoms with van der Waals surface area (Å²) in [6, 6.07) is 5.18. The average Bonchev–Trinajstić information content (AvgIpc) is 2.35. The highest BCUT2D eigenvalue weighted by atomic mass is 35.5. The predicted molar refractivity (Wildman–Crippen MR) is 78.0 cm³/mol. The minimum absolute atomic E-state index is 0. The molecule has 0 aliphatic heterocycles. The molecule has 2 N–H and O–H groups in total. The Morgan fingerprint density at radius 1 is 1.33 bits per heavy atom. The number of amides is 1. The second kappa shape index (κ2) is 8.24. The molecule has 0 aromatic heterocycles. The smallest absolute Gasteiger partial charge is 0.341 e. The molecule has 1 unspecified atom stereocenters. The lowest BCUT2D eigenvalue weighted by Gasteiger charge is -2.20. The number of nitrogens with two attached hydrogens (primary N) is 1. The van der Waals surface area contributed by atoms with Crippen molar-refractivity contribution in [2.24, 2.45) is 5.73 Å². The maximum Gasteiger partial charge on any atom is 0.416 e. The van der Waals surface area contributed by atoms with Crippen molar-refractivity contribution in [1.82, 2.24) is 4.90 Å². The summed E-state index contributed by atoms with van der Waals surface area (Å²) in [5.41, 5.74) is 4.95. The van der Waals surface area contributed by atoms with Crippen molar-refractivity contribution >= 4 is 18.3 Å². The van der Waals surface area contributed by atoms with Crippen LogP contribution in [0.15, 0.2) is 24.3 Å². The highest BCUT2D eigenvalue weighted by Gasteiger charge is 2.33. The highest BCUT2D eigenvalue weighted by molar-refractivity contribution is 5.85. The van der Waals surface area contributed by atoms with Gasteiger partial charge in [-0.05, 0) is 25.0 Å². The van der Waals surface area contributed by atoms with Crippen LogP contribution in [0.2, 0.25) is 0 Å². The number of carbonyl (C=O) groups is 1. The number of rotatable bonds is 5. The fourth-order valence-corrected chi connectivity index (χ4v) is 1.82. The van der Waals surface area contributed by atoms with E-state index < -0.39 is 11.7 Å². The zero-order valence-electron chi connectivity index (χ0n) is 12.0. The molecule has 21 heavy (non-hydrogen) atoms. The SMILES string of the molecule is CC(N)CCC(=O)N(C)Cc1ccccc1C(F)(F)F.Cl. The normalized spacial score (nSPS) is 12.5. The Balaban J connectivity index is 0.00000400. The molecular formula is C14H20ClF3N2O. The van der Waals surface area contributed by atoms with Crippen LogP contribution in [0.25, 0.3) is 0 Å². The highest BCUT2D eigenvalue weighted by Crippen LogP contribution is 2.32. The predicted octanol–water partition coefficient (Wildman–Crippen LogP) is 3.21. The molecule has 0 fully saturated rings. The van der Waals surface area contributed by atoms with Gasteiger partial charge in [0.05, 0.1) is 5.56 Å². The molecule has 0 radical (unpaired) electrons. The van der Waals surface area contributed by atoms with E-state index in [1.165, 1.54) is 30.1 Å². The minimum atomic E-state index is -4.41. The zero-order valence-corrected chi connectivity index (χ0v) is 12.8. The van der Waals surface area contributed by atoms with Gasteiger partial charge in [-0.25, -0.2) is 0 Å². The molecule has 0 aliphatic rings. The number of benzene rings is 1. The molecular weight excluding hydrogens is 305 g/mol. The fourth-order valence-electron chi connectivity index (χ4n) is 1.82. The van der Waals surface area contributed by atoms with Gasteiger partial charge in [-0.2, -0.15) is 13.2 Å². The minimum Gasteiger partial charge on any atom is -0.341 e. The van der Waals surface area contributed by atoms with Gasteiger partial charge in [0.15, 0.2) is 0 Å². The van der Waals surface area contributed by atoms with Gasteiger partial charge in [-0.15, -0.1) is 12.4 Å². The quantitative estimate of drug-likeness (QED) is 0.904. The summed E-state index contributed by atoms with van der Waals surface area (Å²) in [5.74, 6) is -0.209. The molecule has 1 rings (SSSR count). The first kappa shape index (κ1) is 19.7. The molecule has 1 aromatic carbocycles. The van der Waals surface area contributed by atoms with Crippen LogP contribution in [-0.4, -0.2) is 23.9 Å². The van der Waals surface area contributed by atoms with Gasteiger partial charge < -0.3 is 10.6 Å². The van der Waals surface area contributed by atoms with Crippen molar-refractivity contribution in [3.8, 4) is 0 Å². The molecule has 1 amide bonds. The molecule has 1 aromatic rings. The molecule has 1 atom stereocenters. The first-order chi connectivity index (χ1) is 9.21. The third kappa shape index (κ3) is 6.35. The van der Waals surface area contributed by atoms with Crippen molar-refractivity contribution in [2.75, 3.05) is 7.05 Å². The Morgan fingerprint density at radius 3 is 2.43 bits per heavy atom. The first-order valence-corrected chi connectivity index (χ1v) is 6.36. The van der Waals surface area contributed by atoms with Gasteiger partial charge in [0.2, 0.25) is 5.91 Å². The summed E-state index contributed by atoms with van der Waals surface area (Å²) in [6.45, 7) is 1.72. The van der Waals surface area contributed by atoms with E-state index in [1.54, 1.807) is 6.92 Å². The van der Waals surface area contributed by atoms with E-state index in [0.717, 1.165) is 6.07 Å². The van der Waals surface area contributed by atoms with Crippen LogP contribution in [0.5, 0.6) is 0 Å². The average molecular weight is 325 g/mol. The Morgan fingerprint density at radius 2 is 1.90 bits per heavy atom. The largest absolute Gasteiger partial charge is 0.416 e. The number of carbonyl (C=O) groups excluding carboxylic acids is 1. The second-order valence-corrected chi connectivity index (χ2v) is 4.92. The lowest BCUT2D eigenvalue weighted by Crippen LogP contribution is -2.29. The van der Waals surface area contributed by atoms with E-state index in [1.807, 2.05) is 0 Å². The monoisotopic (exact) mass is 324 g/mol. The number of alkyl halides is 3. The maximum absolute atomic E-state index is 12.8. The van der Waals surface area contributed by atoms with E-state index in [9.17, 15) is 18.0 Å².